The quantitative estimate of drug-likeness (QED) is 0.805. The molecule has 1 aromatic carbocycles. The number of thiophene rings is 1. The second kappa shape index (κ2) is 7.21. The fourth-order valence-electron chi connectivity index (χ4n) is 1.04. The zero-order valence-electron chi connectivity index (χ0n) is 9.44. The second-order valence-electron chi connectivity index (χ2n) is 2.97. The number of rotatable bonds is 3. The standard InChI is InChI=1S/C8H10O3S.C4H4S/c1-2-11-12(9,10)8-6-4-3-5-7-8;1-2-4-5-3-1/h3-7H,2H2,1H3;1-4H. The van der Waals surface area contributed by atoms with Gasteiger partial charge in [-0.2, -0.15) is 19.8 Å². The number of hydrogen-bond acceptors (Lipinski definition) is 4. The van der Waals surface area contributed by atoms with Gasteiger partial charge in [0.2, 0.25) is 0 Å². The van der Waals surface area contributed by atoms with E-state index in [0.29, 0.717) is 0 Å². The molecule has 0 fully saturated rings. The minimum absolute atomic E-state index is 0.164. The molecule has 1 aromatic heterocycles. The van der Waals surface area contributed by atoms with Gasteiger partial charge in [0.05, 0.1) is 11.5 Å². The van der Waals surface area contributed by atoms with E-state index in [-0.39, 0.29) is 11.5 Å². The van der Waals surface area contributed by atoms with E-state index in [4.69, 9.17) is 0 Å². The van der Waals surface area contributed by atoms with E-state index >= 15 is 0 Å². The van der Waals surface area contributed by atoms with E-state index in [1.54, 1.807) is 36.5 Å². The van der Waals surface area contributed by atoms with Crippen molar-refractivity contribution in [2.45, 2.75) is 11.8 Å². The molecule has 0 aliphatic carbocycles. The molecule has 92 valence electrons. The van der Waals surface area contributed by atoms with E-state index in [2.05, 4.69) is 4.18 Å². The summed E-state index contributed by atoms with van der Waals surface area (Å²) in [7, 11) is -3.51. The Hall–Kier alpha value is -1.17. The molecule has 17 heavy (non-hydrogen) atoms. The summed E-state index contributed by atoms with van der Waals surface area (Å²) in [5.74, 6) is 0. The first-order valence-electron chi connectivity index (χ1n) is 5.08. The van der Waals surface area contributed by atoms with Crippen molar-refractivity contribution >= 4 is 21.5 Å². The Labute approximate surface area is 106 Å². The molecule has 0 aliphatic rings. The van der Waals surface area contributed by atoms with Crippen LogP contribution in [0.5, 0.6) is 0 Å². The Balaban J connectivity index is 0.000000239. The SMILES string of the molecule is CCOS(=O)(=O)c1ccccc1.c1ccsc1. The van der Waals surface area contributed by atoms with Gasteiger partial charge in [-0.15, -0.1) is 0 Å². The highest BCUT2D eigenvalue weighted by molar-refractivity contribution is 7.86. The third kappa shape index (κ3) is 5.12. The minimum Gasteiger partial charge on any atom is -0.267 e. The molecule has 0 saturated heterocycles. The molecule has 0 bridgehead atoms. The van der Waals surface area contributed by atoms with Crippen LogP contribution in [0.25, 0.3) is 0 Å². The van der Waals surface area contributed by atoms with E-state index < -0.39 is 10.1 Å². The van der Waals surface area contributed by atoms with Gasteiger partial charge in [0, 0.05) is 0 Å². The first-order chi connectivity index (χ1) is 8.17. The van der Waals surface area contributed by atoms with Crippen LogP contribution in [0.2, 0.25) is 0 Å². The first kappa shape index (κ1) is 13.9. The van der Waals surface area contributed by atoms with Gasteiger partial charge in [-0.1, -0.05) is 30.3 Å². The second-order valence-corrected chi connectivity index (χ2v) is 5.40. The predicted molar refractivity (Wildman–Crippen MR) is 69.6 cm³/mol. The van der Waals surface area contributed by atoms with Crippen LogP contribution in [0.3, 0.4) is 0 Å². The van der Waals surface area contributed by atoms with Crippen LogP contribution in [0.15, 0.2) is 58.1 Å². The molecule has 1 heterocycles. The van der Waals surface area contributed by atoms with E-state index in [1.807, 2.05) is 22.9 Å². The van der Waals surface area contributed by atoms with Gasteiger partial charge in [-0.25, -0.2) is 0 Å². The first-order valence-corrected chi connectivity index (χ1v) is 7.43. The molecule has 0 unspecified atom stereocenters. The van der Waals surface area contributed by atoms with E-state index in [0.717, 1.165) is 0 Å². The third-order valence-corrected chi connectivity index (χ3v) is 3.75. The molecule has 0 radical (unpaired) electrons. The lowest BCUT2D eigenvalue weighted by Crippen LogP contribution is -2.05. The number of hydrogen-bond donors (Lipinski definition) is 0. The van der Waals surface area contributed by atoms with Crippen LogP contribution in [0.4, 0.5) is 0 Å². The Bertz CT molecular complexity index is 473. The Morgan fingerprint density at radius 1 is 1.06 bits per heavy atom. The number of benzene rings is 1. The summed E-state index contributed by atoms with van der Waals surface area (Å²) in [6, 6.07) is 12.1. The van der Waals surface area contributed by atoms with Crippen LogP contribution < -0.4 is 0 Å². The molecule has 0 saturated carbocycles. The summed E-state index contributed by atoms with van der Waals surface area (Å²) >= 11 is 1.71. The van der Waals surface area contributed by atoms with Crippen LogP contribution in [0, 0.1) is 0 Å². The maximum Gasteiger partial charge on any atom is 0.296 e. The molecular formula is C12H14O3S2. The largest absolute Gasteiger partial charge is 0.296 e. The Morgan fingerprint density at radius 3 is 2.06 bits per heavy atom. The lowest BCUT2D eigenvalue weighted by atomic mass is 10.4. The molecule has 0 aliphatic heterocycles. The summed E-state index contributed by atoms with van der Waals surface area (Å²) < 4.78 is 27.0. The Morgan fingerprint density at radius 2 is 1.65 bits per heavy atom. The van der Waals surface area contributed by atoms with Crippen molar-refractivity contribution in [1.82, 2.24) is 0 Å². The van der Waals surface area contributed by atoms with Crippen molar-refractivity contribution in [3.05, 3.63) is 53.2 Å². The average Bonchev–Trinajstić information content (AvgIpc) is 2.89. The molecule has 5 heteroatoms. The van der Waals surface area contributed by atoms with Crippen molar-refractivity contribution in [3.63, 3.8) is 0 Å². The molecule has 0 atom stereocenters. The molecule has 0 amide bonds. The normalized spacial score (nSPS) is 10.4. The van der Waals surface area contributed by atoms with E-state index in [9.17, 15) is 8.42 Å². The predicted octanol–water partition coefficient (Wildman–Crippen LogP) is 3.16. The molecule has 0 N–H and O–H groups in total. The smallest absolute Gasteiger partial charge is 0.267 e. The van der Waals surface area contributed by atoms with Gasteiger partial charge in [0.1, 0.15) is 0 Å². The molecule has 2 rings (SSSR count). The molecular weight excluding hydrogens is 256 g/mol. The average molecular weight is 270 g/mol. The lowest BCUT2D eigenvalue weighted by Gasteiger charge is -2.01. The van der Waals surface area contributed by atoms with Gasteiger partial charge < -0.3 is 0 Å². The fourth-order valence-corrected chi connectivity index (χ4v) is 2.43. The van der Waals surface area contributed by atoms with Crippen LogP contribution in [-0.4, -0.2) is 15.0 Å². The zero-order valence-corrected chi connectivity index (χ0v) is 11.1. The molecule has 0 spiro atoms. The van der Waals surface area contributed by atoms with Crippen molar-refractivity contribution < 1.29 is 12.6 Å². The lowest BCUT2D eigenvalue weighted by molar-refractivity contribution is 0.338. The summed E-state index contributed by atoms with van der Waals surface area (Å²) in [5.41, 5.74) is 0. The van der Waals surface area contributed by atoms with Crippen LogP contribution in [0.1, 0.15) is 6.92 Å². The van der Waals surface area contributed by atoms with Crippen molar-refractivity contribution in [2.24, 2.45) is 0 Å². The van der Waals surface area contributed by atoms with Crippen molar-refractivity contribution in [3.8, 4) is 0 Å². The van der Waals surface area contributed by atoms with E-state index in [1.165, 1.54) is 12.1 Å². The fraction of sp³-hybridized carbons (Fsp3) is 0.167. The molecule has 2 aromatic rings. The maximum atomic E-state index is 11.2. The monoisotopic (exact) mass is 270 g/mol. The van der Waals surface area contributed by atoms with Gasteiger partial charge >= 0.3 is 0 Å². The third-order valence-electron chi connectivity index (χ3n) is 1.73. The highest BCUT2D eigenvalue weighted by Gasteiger charge is 2.12. The summed E-state index contributed by atoms with van der Waals surface area (Å²) in [5, 5.41) is 4.08. The summed E-state index contributed by atoms with van der Waals surface area (Å²) in [6.45, 7) is 1.80. The summed E-state index contributed by atoms with van der Waals surface area (Å²) in [4.78, 5) is 0.201. The Kier molecular flexibility index (Phi) is 5.90. The minimum atomic E-state index is -3.51. The van der Waals surface area contributed by atoms with Gasteiger partial charge in [0.15, 0.2) is 0 Å². The van der Waals surface area contributed by atoms with Crippen molar-refractivity contribution in [2.75, 3.05) is 6.61 Å². The zero-order chi connectivity index (χ0) is 12.6. The van der Waals surface area contributed by atoms with Gasteiger partial charge in [0.25, 0.3) is 10.1 Å². The molecule has 3 nitrogen and oxygen atoms in total. The van der Waals surface area contributed by atoms with Crippen LogP contribution in [-0.2, 0) is 14.3 Å². The maximum absolute atomic E-state index is 11.2. The summed E-state index contributed by atoms with van der Waals surface area (Å²) in [6.07, 6.45) is 0. The highest BCUT2D eigenvalue weighted by Crippen LogP contribution is 2.10. The van der Waals surface area contributed by atoms with Gasteiger partial charge in [-0.05, 0) is 29.8 Å². The highest BCUT2D eigenvalue weighted by atomic mass is 32.2. The van der Waals surface area contributed by atoms with Gasteiger partial charge in [-0.3, -0.25) is 4.18 Å². The van der Waals surface area contributed by atoms with Crippen LogP contribution >= 0.6 is 11.3 Å². The van der Waals surface area contributed by atoms with Crippen molar-refractivity contribution in [1.29, 1.82) is 0 Å². The topological polar surface area (TPSA) is 43.4 Å².